The third-order valence-electron chi connectivity index (χ3n) is 3.31. The van der Waals surface area contributed by atoms with Crippen molar-refractivity contribution in [1.82, 2.24) is 10.3 Å². The summed E-state index contributed by atoms with van der Waals surface area (Å²) in [6.07, 6.45) is 2.55. The largest absolute Gasteiger partial charge is 0.497 e. The maximum Gasteiger partial charge on any atom is 0.118 e. The minimum absolute atomic E-state index is 0.206. The molecule has 4 heteroatoms. The minimum Gasteiger partial charge on any atom is -0.497 e. The van der Waals surface area contributed by atoms with Crippen molar-refractivity contribution in [3.05, 3.63) is 45.9 Å². The number of ether oxygens (including phenoxy) is 1. The monoisotopic (exact) mass is 274 g/mol. The van der Waals surface area contributed by atoms with Crippen molar-refractivity contribution in [2.75, 3.05) is 7.11 Å². The second-order valence-corrected chi connectivity index (χ2v) is 5.86. The van der Waals surface area contributed by atoms with Gasteiger partial charge in [-0.2, -0.15) is 0 Å². The third kappa shape index (κ3) is 2.96. The van der Waals surface area contributed by atoms with Gasteiger partial charge in [-0.1, -0.05) is 12.1 Å². The molecule has 0 spiro atoms. The molecule has 1 aliphatic carbocycles. The van der Waals surface area contributed by atoms with Crippen molar-refractivity contribution in [3.8, 4) is 5.75 Å². The van der Waals surface area contributed by atoms with Gasteiger partial charge in [-0.3, -0.25) is 0 Å². The van der Waals surface area contributed by atoms with Crippen LogP contribution in [0.2, 0.25) is 0 Å². The lowest BCUT2D eigenvalue weighted by molar-refractivity contribution is 0.414. The van der Waals surface area contributed by atoms with E-state index in [1.54, 1.807) is 18.4 Å². The van der Waals surface area contributed by atoms with E-state index in [0.717, 1.165) is 16.5 Å². The molecule has 1 atom stereocenters. The maximum absolute atomic E-state index is 5.22. The Labute approximate surface area is 117 Å². The average Bonchev–Trinajstić information content (AvgIpc) is 3.17. The fourth-order valence-corrected chi connectivity index (χ4v) is 2.98. The Kier molecular flexibility index (Phi) is 3.53. The summed E-state index contributed by atoms with van der Waals surface area (Å²) >= 11 is 1.73. The first-order valence-electron chi connectivity index (χ1n) is 6.58. The van der Waals surface area contributed by atoms with Crippen LogP contribution >= 0.6 is 11.3 Å². The molecule has 1 aromatic carbocycles. The number of nitrogens with one attached hydrogen (secondary N) is 1. The predicted molar refractivity (Wildman–Crippen MR) is 77.8 cm³/mol. The van der Waals surface area contributed by atoms with Gasteiger partial charge in [0, 0.05) is 17.1 Å². The van der Waals surface area contributed by atoms with Crippen molar-refractivity contribution in [3.63, 3.8) is 0 Å². The van der Waals surface area contributed by atoms with Crippen LogP contribution in [0.1, 0.15) is 35.1 Å². The number of hydrogen-bond donors (Lipinski definition) is 1. The van der Waals surface area contributed by atoms with Gasteiger partial charge < -0.3 is 10.1 Å². The molecule has 19 heavy (non-hydrogen) atoms. The Balaban J connectivity index is 1.88. The molecule has 1 aromatic heterocycles. The summed E-state index contributed by atoms with van der Waals surface area (Å²) in [5, 5.41) is 6.94. The van der Waals surface area contributed by atoms with E-state index >= 15 is 0 Å². The van der Waals surface area contributed by atoms with Crippen LogP contribution in [-0.4, -0.2) is 18.1 Å². The highest BCUT2D eigenvalue weighted by Crippen LogP contribution is 2.31. The summed E-state index contributed by atoms with van der Waals surface area (Å²) in [4.78, 5) is 4.64. The molecular weight excluding hydrogens is 256 g/mol. The zero-order chi connectivity index (χ0) is 13.2. The van der Waals surface area contributed by atoms with Gasteiger partial charge in [0.2, 0.25) is 0 Å². The molecule has 1 saturated carbocycles. The highest BCUT2D eigenvalue weighted by Gasteiger charge is 2.27. The SMILES string of the molecule is COc1ccc(C(NC2CC2)c2nc(C)cs2)cc1. The van der Waals surface area contributed by atoms with E-state index in [4.69, 9.17) is 4.74 Å². The minimum atomic E-state index is 0.206. The van der Waals surface area contributed by atoms with Crippen LogP contribution in [0.3, 0.4) is 0 Å². The first-order chi connectivity index (χ1) is 9.26. The highest BCUT2D eigenvalue weighted by atomic mass is 32.1. The molecule has 0 bridgehead atoms. The molecule has 3 nitrogen and oxygen atoms in total. The van der Waals surface area contributed by atoms with Crippen LogP contribution in [-0.2, 0) is 0 Å². The Hall–Kier alpha value is -1.39. The summed E-state index contributed by atoms with van der Waals surface area (Å²) in [7, 11) is 1.69. The van der Waals surface area contributed by atoms with Crippen molar-refractivity contribution in [2.24, 2.45) is 0 Å². The zero-order valence-electron chi connectivity index (χ0n) is 11.2. The van der Waals surface area contributed by atoms with Crippen molar-refractivity contribution < 1.29 is 4.74 Å². The number of methoxy groups -OCH3 is 1. The van der Waals surface area contributed by atoms with E-state index in [0.29, 0.717) is 6.04 Å². The Morgan fingerprint density at radius 3 is 2.58 bits per heavy atom. The fraction of sp³-hybridized carbons (Fsp3) is 0.400. The van der Waals surface area contributed by atoms with Crippen molar-refractivity contribution in [1.29, 1.82) is 0 Å². The fourth-order valence-electron chi connectivity index (χ4n) is 2.10. The normalized spacial score (nSPS) is 16.3. The second kappa shape index (κ2) is 5.31. The molecule has 0 saturated heterocycles. The van der Waals surface area contributed by atoms with Gasteiger partial charge in [0.15, 0.2) is 0 Å². The molecule has 100 valence electrons. The molecule has 1 N–H and O–H groups in total. The number of aromatic nitrogens is 1. The van der Waals surface area contributed by atoms with Gasteiger partial charge in [0.05, 0.1) is 13.2 Å². The zero-order valence-corrected chi connectivity index (χ0v) is 12.0. The van der Waals surface area contributed by atoms with E-state index in [9.17, 15) is 0 Å². The molecule has 1 aliphatic rings. The molecule has 0 aliphatic heterocycles. The quantitative estimate of drug-likeness (QED) is 0.908. The van der Waals surface area contributed by atoms with E-state index < -0.39 is 0 Å². The molecule has 1 fully saturated rings. The smallest absolute Gasteiger partial charge is 0.118 e. The van der Waals surface area contributed by atoms with Crippen molar-refractivity contribution in [2.45, 2.75) is 31.8 Å². The lowest BCUT2D eigenvalue weighted by Crippen LogP contribution is -2.24. The second-order valence-electron chi connectivity index (χ2n) is 4.97. The highest BCUT2D eigenvalue weighted by molar-refractivity contribution is 7.09. The van der Waals surface area contributed by atoms with Crippen molar-refractivity contribution >= 4 is 11.3 Å². The van der Waals surface area contributed by atoms with Crippen LogP contribution in [0.15, 0.2) is 29.6 Å². The number of rotatable bonds is 5. The Morgan fingerprint density at radius 1 is 1.32 bits per heavy atom. The summed E-state index contributed by atoms with van der Waals surface area (Å²) in [5.41, 5.74) is 2.35. The first kappa shape index (κ1) is 12.6. The van der Waals surface area contributed by atoms with Gasteiger partial charge >= 0.3 is 0 Å². The molecule has 2 aromatic rings. The van der Waals surface area contributed by atoms with Crippen LogP contribution in [0.4, 0.5) is 0 Å². The van der Waals surface area contributed by atoms with Crippen LogP contribution in [0.5, 0.6) is 5.75 Å². The molecule has 0 radical (unpaired) electrons. The molecular formula is C15H18N2OS. The van der Waals surface area contributed by atoms with E-state index in [2.05, 4.69) is 27.8 Å². The predicted octanol–water partition coefficient (Wildman–Crippen LogP) is 3.30. The molecule has 1 heterocycles. The Morgan fingerprint density at radius 2 is 2.05 bits per heavy atom. The van der Waals surface area contributed by atoms with Crippen LogP contribution in [0, 0.1) is 6.92 Å². The van der Waals surface area contributed by atoms with E-state index in [1.807, 2.05) is 19.1 Å². The molecule has 3 rings (SSSR count). The summed E-state index contributed by atoms with van der Waals surface area (Å²) in [6, 6.07) is 9.12. The number of nitrogens with zero attached hydrogens (tertiary/aromatic N) is 1. The lowest BCUT2D eigenvalue weighted by atomic mass is 10.1. The number of aryl methyl sites for hydroxylation is 1. The van der Waals surface area contributed by atoms with E-state index in [-0.39, 0.29) is 6.04 Å². The van der Waals surface area contributed by atoms with Gasteiger partial charge in [0.1, 0.15) is 10.8 Å². The van der Waals surface area contributed by atoms with Gasteiger partial charge in [-0.15, -0.1) is 11.3 Å². The Bertz CT molecular complexity index is 546. The topological polar surface area (TPSA) is 34.1 Å². The molecule has 1 unspecified atom stereocenters. The summed E-state index contributed by atoms with van der Waals surface area (Å²) in [6.45, 7) is 2.04. The summed E-state index contributed by atoms with van der Waals surface area (Å²) in [5.74, 6) is 0.893. The number of thiazole rings is 1. The third-order valence-corrected chi connectivity index (χ3v) is 4.34. The lowest BCUT2D eigenvalue weighted by Gasteiger charge is -2.17. The van der Waals surface area contributed by atoms with Gasteiger partial charge in [0.25, 0.3) is 0 Å². The first-order valence-corrected chi connectivity index (χ1v) is 7.46. The maximum atomic E-state index is 5.22. The van der Waals surface area contributed by atoms with Crippen LogP contribution < -0.4 is 10.1 Å². The number of benzene rings is 1. The van der Waals surface area contributed by atoms with Gasteiger partial charge in [-0.05, 0) is 37.5 Å². The van der Waals surface area contributed by atoms with E-state index in [1.165, 1.54) is 18.4 Å². The average molecular weight is 274 g/mol. The number of hydrogen-bond acceptors (Lipinski definition) is 4. The molecule has 0 amide bonds. The standard InChI is InChI=1S/C15H18N2OS/c1-10-9-19-15(16-10)14(17-12-5-6-12)11-3-7-13(18-2)8-4-11/h3-4,7-9,12,14,17H,5-6H2,1-2H3. The summed E-state index contributed by atoms with van der Waals surface area (Å²) < 4.78 is 5.22. The van der Waals surface area contributed by atoms with Gasteiger partial charge in [-0.25, -0.2) is 4.98 Å². The van der Waals surface area contributed by atoms with Crippen LogP contribution in [0.25, 0.3) is 0 Å².